The largest absolute Gasteiger partial charge is 0.396 e. The van der Waals surface area contributed by atoms with Gasteiger partial charge in [0.2, 0.25) is 0 Å². The molecule has 1 aromatic rings. The van der Waals surface area contributed by atoms with Crippen molar-refractivity contribution in [3.63, 3.8) is 0 Å². The van der Waals surface area contributed by atoms with E-state index in [1.807, 2.05) is 0 Å². The Morgan fingerprint density at radius 1 is 1.00 bits per heavy atom. The van der Waals surface area contributed by atoms with Gasteiger partial charge in [-0.15, -0.1) is 0 Å². The zero-order valence-electron chi connectivity index (χ0n) is 13.7. The maximum atomic E-state index is 2.87. The second-order valence-corrected chi connectivity index (χ2v) is 14.1. The molecule has 0 saturated carbocycles. The van der Waals surface area contributed by atoms with E-state index >= 15 is 0 Å². The fourth-order valence-electron chi connectivity index (χ4n) is 4.69. The predicted molar refractivity (Wildman–Crippen MR) is 101 cm³/mol. The number of halogens is 1. The zero-order valence-corrected chi connectivity index (χ0v) is 16.9. The van der Waals surface area contributed by atoms with Gasteiger partial charge in [-0.25, -0.2) is 0 Å². The first-order chi connectivity index (χ1) is 9.31. The zero-order chi connectivity index (χ0) is 15.1. The summed E-state index contributed by atoms with van der Waals surface area (Å²) in [6, 6.07) is 7.02. The Labute approximate surface area is 139 Å². The molecule has 0 unspecified atom stereocenters. The molecular weight excluding hydrogens is 373 g/mol. The summed E-state index contributed by atoms with van der Waals surface area (Å²) in [6.45, 7) is 16.0. The van der Waals surface area contributed by atoms with E-state index < -0.39 is 8.24 Å². The average Bonchev–Trinajstić information content (AvgIpc) is 2.72. The number of benzene rings is 1. The van der Waals surface area contributed by atoms with Crippen LogP contribution in [0.4, 0.5) is 5.69 Å². The summed E-state index contributed by atoms with van der Waals surface area (Å²) in [4.78, 5) is 0. The van der Waals surface area contributed by atoms with Crippen molar-refractivity contribution in [3.8, 4) is 0 Å². The fourth-order valence-corrected chi connectivity index (χ4v) is 12.2. The van der Waals surface area contributed by atoms with Gasteiger partial charge < -0.3 is 4.57 Å². The van der Waals surface area contributed by atoms with Crippen LogP contribution in [-0.2, 0) is 6.42 Å². The SMILES string of the molecule is CC(C)[Si](C(C)C)(C(C)C)N1CCc2ccc(I)cc21. The van der Waals surface area contributed by atoms with Gasteiger partial charge in [-0.1, -0.05) is 47.6 Å². The van der Waals surface area contributed by atoms with E-state index in [0.717, 1.165) is 16.6 Å². The average molecular weight is 401 g/mol. The Balaban J connectivity index is 2.56. The standard InChI is InChI=1S/C17H28INSi/c1-12(2)20(13(3)4,14(5)6)19-10-9-15-7-8-16(18)11-17(15)19/h7-8,11-14H,9-10H2,1-6H3. The maximum absolute atomic E-state index is 2.87. The molecule has 0 radical (unpaired) electrons. The normalized spacial score (nSPS) is 15.6. The van der Waals surface area contributed by atoms with E-state index in [4.69, 9.17) is 0 Å². The first-order valence-electron chi connectivity index (χ1n) is 7.87. The summed E-state index contributed by atoms with van der Waals surface area (Å²) >= 11 is 2.45. The molecule has 0 saturated heterocycles. The van der Waals surface area contributed by atoms with Gasteiger partial charge in [0.1, 0.15) is 0 Å². The summed E-state index contributed by atoms with van der Waals surface area (Å²) in [5.41, 5.74) is 5.45. The quantitative estimate of drug-likeness (QED) is 0.453. The van der Waals surface area contributed by atoms with Gasteiger partial charge in [0.25, 0.3) is 0 Å². The second-order valence-electron chi connectivity index (χ2n) is 7.03. The predicted octanol–water partition coefficient (Wildman–Crippen LogP) is 5.83. The lowest BCUT2D eigenvalue weighted by atomic mass is 10.2. The fraction of sp³-hybridized carbons (Fsp3) is 0.647. The number of nitrogens with zero attached hydrogens (tertiary/aromatic N) is 1. The van der Waals surface area contributed by atoms with Crippen LogP contribution in [0.15, 0.2) is 18.2 Å². The third-order valence-electron chi connectivity index (χ3n) is 5.18. The van der Waals surface area contributed by atoms with E-state index in [1.165, 1.54) is 16.5 Å². The van der Waals surface area contributed by atoms with Crippen molar-refractivity contribution in [2.24, 2.45) is 0 Å². The molecule has 0 fully saturated rings. The van der Waals surface area contributed by atoms with Crippen LogP contribution < -0.4 is 4.57 Å². The third-order valence-corrected chi connectivity index (χ3v) is 12.8. The first-order valence-corrected chi connectivity index (χ1v) is 11.1. The molecule has 0 N–H and O–H groups in total. The third kappa shape index (κ3) is 2.45. The first kappa shape index (κ1) is 16.3. The number of fused-ring (bicyclic) bond motifs is 1. The van der Waals surface area contributed by atoms with Crippen molar-refractivity contribution < 1.29 is 0 Å². The van der Waals surface area contributed by atoms with Crippen molar-refractivity contribution in [2.75, 3.05) is 11.1 Å². The van der Waals surface area contributed by atoms with Crippen molar-refractivity contribution in [2.45, 2.75) is 64.6 Å². The van der Waals surface area contributed by atoms with Crippen molar-refractivity contribution in [3.05, 3.63) is 27.3 Å². The van der Waals surface area contributed by atoms with Gasteiger partial charge in [0.15, 0.2) is 8.24 Å². The molecular formula is C17H28INSi. The lowest BCUT2D eigenvalue weighted by molar-refractivity contribution is 0.777. The van der Waals surface area contributed by atoms with Crippen LogP contribution in [0, 0.1) is 3.57 Å². The highest BCUT2D eigenvalue weighted by atomic mass is 127. The highest BCUT2D eigenvalue weighted by Gasteiger charge is 2.50. The van der Waals surface area contributed by atoms with E-state index in [0.29, 0.717) is 0 Å². The molecule has 3 heteroatoms. The second kappa shape index (κ2) is 5.99. The lowest BCUT2D eigenvalue weighted by Gasteiger charge is -2.51. The Hall–Kier alpha value is -0.0331. The molecule has 1 aromatic carbocycles. The Morgan fingerprint density at radius 2 is 1.55 bits per heavy atom. The molecule has 0 amide bonds. The van der Waals surface area contributed by atoms with Crippen molar-refractivity contribution in [1.29, 1.82) is 0 Å². The van der Waals surface area contributed by atoms with Crippen molar-refractivity contribution >= 4 is 36.5 Å². The van der Waals surface area contributed by atoms with Crippen LogP contribution in [0.25, 0.3) is 0 Å². The molecule has 0 aliphatic carbocycles. The molecule has 0 atom stereocenters. The van der Waals surface area contributed by atoms with Crippen molar-refractivity contribution in [1.82, 2.24) is 0 Å². The molecule has 0 spiro atoms. The minimum atomic E-state index is -1.54. The highest BCUT2D eigenvalue weighted by Crippen LogP contribution is 2.48. The number of rotatable bonds is 4. The molecule has 0 aromatic heterocycles. The minimum absolute atomic E-state index is 0.784. The van der Waals surface area contributed by atoms with E-state index in [2.05, 4.69) is 86.9 Å². The summed E-state index contributed by atoms with van der Waals surface area (Å²) in [5.74, 6) is 0. The Morgan fingerprint density at radius 3 is 2.05 bits per heavy atom. The Bertz CT molecular complexity index is 460. The number of hydrogen-bond donors (Lipinski definition) is 0. The van der Waals surface area contributed by atoms with Crippen LogP contribution >= 0.6 is 22.6 Å². The van der Waals surface area contributed by atoms with Gasteiger partial charge in [0.05, 0.1) is 0 Å². The van der Waals surface area contributed by atoms with Crippen LogP contribution in [0.3, 0.4) is 0 Å². The molecule has 1 heterocycles. The van der Waals surface area contributed by atoms with Gasteiger partial charge in [-0.2, -0.15) is 0 Å². The van der Waals surface area contributed by atoms with Gasteiger partial charge in [-0.05, 0) is 63.3 Å². The Kier molecular flexibility index (Phi) is 4.89. The van der Waals surface area contributed by atoms with E-state index in [1.54, 1.807) is 11.3 Å². The smallest absolute Gasteiger partial charge is 0.164 e. The van der Waals surface area contributed by atoms with E-state index in [-0.39, 0.29) is 0 Å². The molecule has 1 aliphatic rings. The topological polar surface area (TPSA) is 3.24 Å². The van der Waals surface area contributed by atoms with E-state index in [9.17, 15) is 0 Å². The molecule has 0 bridgehead atoms. The summed E-state index contributed by atoms with van der Waals surface area (Å²) in [5, 5.41) is 0. The molecule has 20 heavy (non-hydrogen) atoms. The van der Waals surface area contributed by atoms with Crippen LogP contribution in [0.1, 0.15) is 47.1 Å². The minimum Gasteiger partial charge on any atom is -0.396 e. The molecule has 2 rings (SSSR count). The summed E-state index contributed by atoms with van der Waals surface area (Å²) in [7, 11) is -1.54. The number of hydrogen-bond acceptors (Lipinski definition) is 1. The highest BCUT2D eigenvalue weighted by molar-refractivity contribution is 14.1. The van der Waals surface area contributed by atoms with Gasteiger partial charge >= 0.3 is 0 Å². The lowest BCUT2D eigenvalue weighted by Crippen LogP contribution is -2.60. The molecule has 1 aliphatic heterocycles. The number of anilines is 1. The maximum Gasteiger partial charge on any atom is 0.164 e. The summed E-state index contributed by atoms with van der Waals surface area (Å²) in [6.07, 6.45) is 1.23. The van der Waals surface area contributed by atoms with Gasteiger partial charge in [-0.3, -0.25) is 0 Å². The van der Waals surface area contributed by atoms with Crippen LogP contribution in [0.2, 0.25) is 16.6 Å². The monoisotopic (exact) mass is 401 g/mol. The van der Waals surface area contributed by atoms with Crippen LogP contribution in [0.5, 0.6) is 0 Å². The molecule has 112 valence electrons. The van der Waals surface area contributed by atoms with Gasteiger partial charge in [0, 0.05) is 15.8 Å². The summed E-state index contributed by atoms with van der Waals surface area (Å²) < 4.78 is 4.23. The molecule has 1 nitrogen and oxygen atoms in total. The van der Waals surface area contributed by atoms with Crippen LogP contribution in [-0.4, -0.2) is 14.8 Å².